The summed E-state index contributed by atoms with van der Waals surface area (Å²) < 4.78 is 18.6. The molecule has 5 nitrogen and oxygen atoms in total. The summed E-state index contributed by atoms with van der Waals surface area (Å²) in [4.78, 5) is 12.4. The van der Waals surface area contributed by atoms with Crippen molar-refractivity contribution in [3.8, 4) is 11.5 Å². The number of methoxy groups -OCH3 is 1. The summed E-state index contributed by atoms with van der Waals surface area (Å²) in [5, 5.41) is 9.79. The monoisotopic (exact) mass is 536 g/mol. The van der Waals surface area contributed by atoms with Crippen LogP contribution in [0.15, 0.2) is 23.8 Å². The number of esters is 1. The molecule has 0 spiro atoms. The molecule has 4 atom stereocenters. The van der Waals surface area contributed by atoms with Gasteiger partial charge in [0.1, 0.15) is 20.3 Å². The van der Waals surface area contributed by atoms with Gasteiger partial charge in [0.05, 0.1) is 12.5 Å². The standard InChI is InChI=1S/C29H52O5Si2/c1-21(2)36(22(3)4,23(5)6)34-28(27-18-25(20-30)19-29(31)33-27)17-24(7)14-15-26(32-8)13-12-16-35(9,10)11/h14-15,17,21-23,25-28,30H,13,18-20H2,1-11H3/b15-14+,24-17+/t25-,26-,27-,28-/m1/s1. The lowest BCUT2D eigenvalue weighted by molar-refractivity contribution is -0.163. The molecule has 0 aromatic carbocycles. The first-order valence-corrected chi connectivity index (χ1v) is 19.2. The number of hydrogen-bond acceptors (Lipinski definition) is 5. The SMILES string of the molecule is CO[C@@H](/C=C/C(C)=C/[C@@H](O[Si](C(C)C)(C(C)C)C(C)C)[C@H]1C[C@@H](CO)CC(=O)O1)CC#C[Si](C)(C)C. The van der Waals surface area contributed by atoms with Crippen molar-refractivity contribution in [3.05, 3.63) is 23.8 Å². The topological polar surface area (TPSA) is 65.0 Å². The lowest BCUT2D eigenvalue weighted by Gasteiger charge is -2.46. The summed E-state index contributed by atoms with van der Waals surface area (Å²) in [6.07, 6.45) is 6.87. The van der Waals surface area contributed by atoms with Crippen LogP contribution in [0.1, 0.15) is 67.7 Å². The van der Waals surface area contributed by atoms with Crippen molar-refractivity contribution in [2.24, 2.45) is 5.92 Å². The van der Waals surface area contributed by atoms with Crippen molar-refractivity contribution in [2.75, 3.05) is 13.7 Å². The van der Waals surface area contributed by atoms with Crippen molar-refractivity contribution in [2.45, 2.75) is 122 Å². The largest absolute Gasteiger partial charge is 0.459 e. The van der Waals surface area contributed by atoms with E-state index in [9.17, 15) is 9.90 Å². The Kier molecular flexibility index (Phi) is 13.4. The fourth-order valence-corrected chi connectivity index (χ4v) is 11.5. The minimum absolute atomic E-state index is 0.0178. The fourth-order valence-electron chi connectivity index (χ4n) is 5.33. The summed E-state index contributed by atoms with van der Waals surface area (Å²) >= 11 is 0. The molecule has 1 rings (SSSR count). The van der Waals surface area contributed by atoms with Gasteiger partial charge in [0.25, 0.3) is 0 Å². The molecule has 0 aliphatic carbocycles. The first-order chi connectivity index (χ1) is 16.7. The highest BCUT2D eigenvalue weighted by atomic mass is 28.4. The van der Waals surface area contributed by atoms with E-state index in [4.69, 9.17) is 13.9 Å². The van der Waals surface area contributed by atoms with E-state index in [1.165, 1.54) is 0 Å². The Morgan fingerprint density at radius 2 is 1.72 bits per heavy atom. The molecule has 1 N–H and O–H groups in total. The van der Waals surface area contributed by atoms with Gasteiger partial charge in [-0.25, -0.2) is 0 Å². The van der Waals surface area contributed by atoms with Crippen LogP contribution < -0.4 is 0 Å². The van der Waals surface area contributed by atoms with Crippen molar-refractivity contribution in [3.63, 3.8) is 0 Å². The van der Waals surface area contributed by atoms with Crippen LogP contribution in [0.5, 0.6) is 0 Å². The molecule has 0 unspecified atom stereocenters. The number of aliphatic hydroxyl groups excluding tert-OH is 1. The Bertz CT molecular complexity index is 792. The Morgan fingerprint density at radius 3 is 2.19 bits per heavy atom. The van der Waals surface area contributed by atoms with E-state index >= 15 is 0 Å². The molecule has 0 aromatic heterocycles. The average molecular weight is 537 g/mol. The number of carbonyl (C=O) groups is 1. The summed E-state index contributed by atoms with van der Waals surface area (Å²) in [5.74, 6) is 2.94. The van der Waals surface area contributed by atoms with Gasteiger partial charge in [-0.05, 0) is 35.9 Å². The van der Waals surface area contributed by atoms with Crippen LogP contribution in [-0.2, 0) is 18.7 Å². The summed E-state index contributed by atoms with van der Waals surface area (Å²) in [6.45, 7) is 22.3. The molecule has 0 radical (unpaired) electrons. The molecular formula is C29H52O5Si2. The average Bonchev–Trinajstić information content (AvgIpc) is 2.76. The highest BCUT2D eigenvalue weighted by Crippen LogP contribution is 2.44. The van der Waals surface area contributed by atoms with Gasteiger partial charge in [0.2, 0.25) is 8.32 Å². The second-order valence-corrected chi connectivity index (χ2v) is 22.4. The third kappa shape index (κ3) is 9.94. The number of rotatable bonds is 12. The van der Waals surface area contributed by atoms with E-state index in [1.807, 2.05) is 13.0 Å². The highest BCUT2D eigenvalue weighted by Gasteiger charge is 2.48. The van der Waals surface area contributed by atoms with Crippen molar-refractivity contribution >= 4 is 22.4 Å². The molecule has 1 heterocycles. The third-order valence-corrected chi connectivity index (χ3v) is 14.1. The molecular weight excluding hydrogens is 484 g/mol. The van der Waals surface area contributed by atoms with Crippen LogP contribution in [0.3, 0.4) is 0 Å². The molecule has 206 valence electrons. The molecule has 1 aliphatic heterocycles. The van der Waals surface area contributed by atoms with Gasteiger partial charge in [-0.3, -0.25) is 4.79 Å². The van der Waals surface area contributed by atoms with Crippen molar-refractivity contribution < 1.29 is 23.8 Å². The maximum Gasteiger partial charge on any atom is 0.306 e. The lowest BCUT2D eigenvalue weighted by atomic mass is 9.92. The van der Waals surface area contributed by atoms with E-state index in [0.717, 1.165) is 5.57 Å². The zero-order chi connectivity index (χ0) is 27.7. The van der Waals surface area contributed by atoms with Gasteiger partial charge < -0.3 is 19.0 Å². The van der Waals surface area contributed by atoms with Crippen LogP contribution in [0, 0.1) is 17.4 Å². The first-order valence-electron chi connectivity index (χ1n) is 13.5. The van der Waals surface area contributed by atoms with E-state index in [-0.39, 0.29) is 37.1 Å². The van der Waals surface area contributed by atoms with E-state index in [1.54, 1.807) is 7.11 Å². The van der Waals surface area contributed by atoms with Crippen LogP contribution in [-0.4, -0.2) is 59.5 Å². The van der Waals surface area contributed by atoms with Gasteiger partial charge in [-0.1, -0.05) is 85.0 Å². The van der Waals surface area contributed by atoms with E-state index < -0.39 is 22.5 Å². The van der Waals surface area contributed by atoms with Gasteiger partial charge >= 0.3 is 5.97 Å². The molecule has 0 bridgehead atoms. The maximum atomic E-state index is 12.4. The molecule has 1 aliphatic rings. The maximum absolute atomic E-state index is 12.4. The minimum atomic E-state index is -2.24. The number of ether oxygens (including phenoxy) is 2. The second-order valence-electron chi connectivity index (χ2n) is 12.2. The van der Waals surface area contributed by atoms with Crippen molar-refractivity contribution in [1.82, 2.24) is 0 Å². The van der Waals surface area contributed by atoms with Crippen LogP contribution >= 0.6 is 0 Å². The highest BCUT2D eigenvalue weighted by molar-refractivity contribution is 6.83. The van der Waals surface area contributed by atoms with Gasteiger partial charge in [0.15, 0.2) is 0 Å². The zero-order valence-electron chi connectivity index (χ0n) is 24.7. The van der Waals surface area contributed by atoms with Gasteiger partial charge in [-0.2, -0.15) is 0 Å². The number of allylic oxidation sites excluding steroid dienone is 2. The number of hydrogen-bond donors (Lipinski definition) is 1. The molecule has 36 heavy (non-hydrogen) atoms. The second kappa shape index (κ2) is 14.7. The molecule has 0 amide bonds. The quantitative estimate of drug-likeness (QED) is 0.131. The molecule has 0 saturated carbocycles. The van der Waals surface area contributed by atoms with E-state index in [0.29, 0.717) is 29.5 Å². The lowest BCUT2D eigenvalue weighted by Crippen LogP contribution is -2.53. The number of carbonyl (C=O) groups excluding carboxylic acids is 1. The van der Waals surface area contributed by atoms with Crippen LogP contribution in [0.25, 0.3) is 0 Å². The normalized spacial score (nSPS) is 21.6. The Morgan fingerprint density at radius 1 is 1.14 bits per heavy atom. The predicted octanol–water partition coefficient (Wildman–Crippen LogP) is 6.65. The Hall–Kier alpha value is -1.18. The first kappa shape index (κ1) is 32.9. The third-order valence-electron chi connectivity index (χ3n) is 7.05. The number of aliphatic hydroxyl groups is 1. The van der Waals surface area contributed by atoms with Crippen molar-refractivity contribution in [1.29, 1.82) is 0 Å². The smallest absolute Gasteiger partial charge is 0.306 e. The zero-order valence-corrected chi connectivity index (χ0v) is 26.7. The van der Waals surface area contributed by atoms with Gasteiger partial charge in [-0.15, -0.1) is 11.5 Å². The van der Waals surface area contributed by atoms with E-state index in [2.05, 4.69) is 84.8 Å². The summed E-state index contributed by atoms with van der Waals surface area (Å²) in [5.41, 5.74) is 5.63. The summed E-state index contributed by atoms with van der Waals surface area (Å²) in [6, 6.07) is 0. The van der Waals surface area contributed by atoms with Gasteiger partial charge in [0, 0.05) is 20.1 Å². The number of cyclic esters (lactones) is 1. The molecule has 1 fully saturated rings. The predicted molar refractivity (Wildman–Crippen MR) is 155 cm³/mol. The van der Waals surface area contributed by atoms with Crippen LogP contribution in [0.4, 0.5) is 0 Å². The molecule has 1 saturated heterocycles. The summed E-state index contributed by atoms with van der Waals surface area (Å²) in [7, 11) is -1.95. The van der Waals surface area contributed by atoms with Crippen LogP contribution in [0.2, 0.25) is 36.3 Å². The molecule has 7 heteroatoms. The Labute approximate surface area is 223 Å². The molecule has 0 aromatic rings. The Balaban J connectivity index is 3.32. The minimum Gasteiger partial charge on any atom is -0.459 e. The fraction of sp³-hybridized carbons (Fsp3) is 0.759.